The molecule has 136 valence electrons. The highest BCUT2D eigenvalue weighted by Crippen LogP contribution is 2.32. The second-order valence-electron chi connectivity index (χ2n) is 5.67. The van der Waals surface area contributed by atoms with Crippen LogP contribution in [0.2, 0.25) is 0 Å². The van der Waals surface area contributed by atoms with Gasteiger partial charge in [-0.3, -0.25) is 5.21 Å². The maximum absolute atomic E-state index is 14.2. The zero-order valence-electron chi connectivity index (χ0n) is 13.8. The average Bonchev–Trinajstić information content (AvgIpc) is 3.13. The van der Waals surface area contributed by atoms with Gasteiger partial charge in [0.2, 0.25) is 5.89 Å². The second-order valence-corrected chi connectivity index (χ2v) is 5.67. The lowest BCUT2D eigenvalue weighted by molar-refractivity contribution is -0.0512. The number of hydrogen-bond acceptors (Lipinski definition) is 5. The van der Waals surface area contributed by atoms with Crippen LogP contribution in [0, 0.1) is 0 Å². The number of hydroxylamine groups is 2. The van der Waals surface area contributed by atoms with E-state index < -0.39 is 11.9 Å². The summed E-state index contributed by atoms with van der Waals surface area (Å²) >= 11 is 0. The Morgan fingerprint density at radius 3 is 2.88 bits per heavy atom. The zero-order valence-corrected chi connectivity index (χ0v) is 13.8. The molecule has 0 bridgehead atoms. The van der Waals surface area contributed by atoms with Crippen molar-refractivity contribution in [2.75, 3.05) is 13.2 Å². The molecule has 26 heavy (non-hydrogen) atoms. The minimum absolute atomic E-state index is 0.0500. The number of urea groups is 1. The van der Waals surface area contributed by atoms with Crippen LogP contribution in [-0.4, -0.2) is 34.4 Å². The molecule has 0 fully saturated rings. The first kappa shape index (κ1) is 17.7. The lowest BCUT2D eigenvalue weighted by Gasteiger charge is -2.17. The summed E-state index contributed by atoms with van der Waals surface area (Å²) in [6.07, 6.45) is 4.96. The van der Waals surface area contributed by atoms with E-state index in [1.807, 2.05) is 30.3 Å². The number of halogens is 1. The molecule has 0 saturated heterocycles. The van der Waals surface area contributed by atoms with Gasteiger partial charge in [-0.2, -0.15) is 0 Å². The van der Waals surface area contributed by atoms with E-state index >= 15 is 0 Å². The third kappa shape index (κ3) is 4.09. The van der Waals surface area contributed by atoms with E-state index in [2.05, 4.69) is 4.98 Å². The van der Waals surface area contributed by atoms with Gasteiger partial charge in [0.25, 0.3) is 0 Å². The predicted octanol–water partition coefficient (Wildman–Crippen LogP) is 3.35. The summed E-state index contributed by atoms with van der Waals surface area (Å²) in [4.78, 5) is 15.1. The summed E-state index contributed by atoms with van der Waals surface area (Å²) in [7, 11) is 0. The summed E-state index contributed by atoms with van der Waals surface area (Å²) in [6, 6.07) is 8.56. The van der Waals surface area contributed by atoms with Crippen molar-refractivity contribution in [2.45, 2.75) is 12.3 Å². The number of nitrogens with two attached hydrogens (primary N) is 1. The lowest BCUT2D eigenvalue weighted by atomic mass is 9.99. The zero-order chi connectivity index (χ0) is 18.5. The monoisotopic (exact) mass is 359 g/mol. The minimum atomic E-state index is -1.000. The maximum atomic E-state index is 14.2. The summed E-state index contributed by atoms with van der Waals surface area (Å²) in [5.74, 6) is -0.414. The Morgan fingerprint density at radius 1 is 1.42 bits per heavy atom. The van der Waals surface area contributed by atoms with Crippen LogP contribution >= 0.6 is 0 Å². The first-order chi connectivity index (χ1) is 12.5. The summed E-state index contributed by atoms with van der Waals surface area (Å²) in [5.41, 5.74) is 6.48. The maximum Gasteiger partial charge on any atom is 0.338 e. The molecule has 1 atom stereocenters. The number of carbonyl (C=O) groups is 1. The van der Waals surface area contributed by atoms with Crippen LogP contribution in [0.3, 0.4) is 0 Å². The molecule has 0 unspecified atom stereocenters. The molecule has 0 saturated carbocycles. The molecule has 0 aliphatic heterocycles. The van der Waals surface area contributed by atoms with Gasteiger partial charge in [0.15, 0.2) is 11.6 Å². The number of primary amides is 1. The average molecular weight is 359 g/mol. The van der Waals surface area contributed by atoms with Gasteiger partial charge in [-0.25, -0.2) is 19.2 Å². The van der Waals surface area contributed by atoms with Gasteiger partial charge in [-0.1, -0.05) is 30.3 Å². The van der Waals surface area contributed by atoms with Gasteiger partial charge >= 0.3 is 6.03 Å². The molecular formula is C18H18FN3O4. The van der Waals surface area contributed by atoms with Crippen molar-refractivity contribution in [2.24, 2.45) is 5.73 Å². The highest BCUT2D eigenvalue weighted by atomic mass is 19.1. The van der Waals surface area contributed by atoms with Crippen LogP contribution < -0.4 is 5.73 Å². The Hall–Kier alpha value is -3.13. The van der Waals surface area contributed by atoms with Crippen LogP contribution in [0.25, 0.3) is 11.3 Å². The summed E-state index contributed by atoms with van der Waals surface area (Å²) < 4.78 is 25.0. The molecular weight excluding hydrogens is 341 g/mol. The van der Waals surface area contributed by atoms with E-state index in [1.165, 1.54) is 6.08 Å². The molecule has 3 rings (SSSR count). The third-order valence-electron chi connectivity index (χ3n) is 3.86. The Kier molecular flexibility index (Phi) is 5.33. The normalized spacial score (nSPS) is 16.6. The van der Waals surface area contributed by atoms with Crippen molar-refractivity contribution in [3.8, 4) is 11.3 Å². The molecule has 3 N–H and O–H groups in total. The topological polar surface area (TPSA) is 102 Å². The van der Waals surface area contributed by atoms with Crippen molar-refractivity contribution < 1.29 is 23.5 Å². The molecule has 2 aromatic rings. The van der Waals surface area contributed by atoms with Crippen LogP contribution in [0.4, 0.5) is 9.18 Å². The lowest BCUT2D eigenvalue weighted by Crippen LogP contribution is -2.35. The van der Waals surface area contributed by atoms with E-state index in [4.69, 9.17) is 20.1 Å². The fraction of sp³-hybridized carbons (Fsp3) is 0.222. The Bertz CT molecular complexity index is 832. The van der Waals surface area contributed by atoms with Gasteiger partial charge in [0.1, 0.15) is 18.6 Å². The largest absolute Gasteiger partial charge is 0.489 e. The molecule has 0 spiro atoms. The van der Waals surface area contributed by atoms with E-state index in [1.54, 1.807) is 12.3 Å². The molecule has 0 radical (unpaired) electrons. The highest BCUT2D eigenvalue weighted by molar-refractivity contribution is 5.70. The minimum Gasteiger partial charge on any atom is -0.489 e. The predicted molar refractivity (Wildman–Crippen MR) is 90.6 cm³/mol. The Labute approximate surface area is 149 Å². The van der Waals surface area contributed by atoms with Crippen molar-refractivity contribution in [3.05, 3.63) is 66.2 Å². The Balaban J connectivity index is 1.61. The second kappa shape index (κ2) is 7.83. The molecule has 1 aromatic heterocycles. The van der Waals surface area contributed by atoms with Crippen LogP contribution in [0.1, 0.15) is 18.2 Å². The summed E-state index contributed by atoms with van der Waals surface area (Å²) in [6.45, 7) is -0.252. The van der Waals surface area contributed by atoms with E-state index in [0.29, 0.717) is 23.1 Å². The van der Waals surface area contributed by atoms with Crippen LogP contribution in [-0.2, 0) is 4.74 Å². The fourth-order valence-corrected chi connectivity index (χ4v) is 2.51. The molecule has 2 amide bonds. The first-order valence-electron chi connectivity index (χ1n) is 8.02. The molecule has 7 nitrogen and oxygen atoms in total. The fourth-order valence-electron chi connectivity index (χ4n) is 2.51. The number of oxazole rings is 1. The summed E-state index contributed by atoms with van der Waals surface area (Å²) in [5, 5.41) is 9.44. The number of amides is 2. The standard InChI is InChI=1S/C18H18FN3O4/c19-14-10-13(6-7-16(14)25-9-8-22(24)18(20)23)17-21-15(11-26-17)12-4-2-1-3-5-12/h1-5,7,10-11,13,24H,6,8-9H2,(H2,20,23)/t13-/m1/s1. The van der Waals surface area contributed by atoms with Crippen molar-refractivity contribution in [1.29, 1.82) is 0 Å². The van der Waals surface area contributed by atoms with Gasteiger partial charge in [0.05, 0.1) is 12.5 Å². The number of hydrogen-bond donors (Lipinski definition) is 2. The number of rotatable bonds is 6. The Morgan fingerprint density at radius 2 is 2.19 bits per heavy atom. The smallest absolute Gasteiger partial charge is 0.338 e. The molecule has 1 aliphatic rings. The van der Waals surface area contributed by atoms with Gasteiger partial charge in [-0.05, 0) is 18.6 Å². The van der Waals surface area contributed by atoms with Crippen LogP contribution in [0.5, 0.6) is 0 Å². The van der Waals surface area contributed by atoms with Crippen molar-refractivity contribution in [3.63, 3.8) is 0 Å². The number of benzene rings is 1. The molecule has 1 aliphatic carbocycles. The van der Waals surface area contributed by atoms with Crippen LogP contribution in [0.15, 0.2) is 64.8 Å². The van der Waals surface area contributed by atoms with Crippen molar-refractivity contribution >= 4 is 6.03 Å². The number of carbonyl (C=O) groups excluding carboxylic acids is 1. The van der Waals surface area contributed by atoms with Crippen molar-refractivity contribution in [1.82, 2.24) is 10.0 Å². The molecule has 1 aromatic carbocycles. The third-order valence-corrected chi connectivity index (χ3v) is 3.86. The quantitative estimate of drug-likeness (QED) is 0.608. The van der Waals surface area contributed by atoms with E-state index in [9.17, 15) is 9.18 Å². The van der Waals surface area contributed by atoms with Gasteiger partial charge in [0, 0.05) is 5.56 Å². The van der Waals surface area contributed by atoms with Gasteiger partial charge < -0.3 is 14.9 Å². The SMILES string of the molecule is NC(=O)N(O)CCOC1=CC[C@@H](c2nc(-c3ccccc3)co2)C=C1F. The van der Waals surface area contributed by atoms with E-state index in [0.717, 1.165) is 5.56 Å². The van der Waals surface area contributed by atoms with E-state index in [-0.39, 0.29) is 24.8 Å². The number of aromatic nitrogens is 1. The number of nitrogens with zero attached hydrogens (tertiary/aromatic N) is 2. The number of allylic oxidation sites excluding steroid dienone is 3. The van der Waals surface area contributed by atoms with Gasteiger partial charge in [-0.15, -0.1) is 0 Å². The highest BCUT2D eigenvalue weighted by Gasteiger charge is 2.22. The molecule has 1 heterocycles. The molecule has 8 heteroatoms. The number of ether oxygens (including phenoxy) is 1. The first-order valence-corrected chi connectivity index (χ1v) is 8.02.